The first-order valence-corrected chi connectivity index (χ1v) is 8.31. The number of unbranched alkanes of at least 4 members (excludes halogenated alkanes) is 1. The predicted octanol–water partition coefficient (Wildman–Crippen LogP) is 0.298. The second kappa shape index (κ2) is 7.95. The lowest BCUT2D eigenvalue weighted by Crippen LogP contribution is -3.00. The zero-order chi connectivity index (χ0) is 13.0. The molecule has 108 valence electrons. The van der Waals surface area contributed by atoms with Crippen molar-refractivity contribution in [1.82, 2.24) is 8.75 Å². The monoisotopic (exact) mass is 411 g/mol. The molecule has 0 saturated heterocycles. The van der Waals surface area contributed by atoms with E-state index in [-0.39, 0.29) is 24.0 Å². The number of thioether (sulfide) groups is 1. The minimum absolute atomic E-state index is 0. The number of likely N-dealkylation sites (N-methyl/N-ethyl adjacent to an activating group) is 1. The summed E-state index contributed by atoms with van der Waals surface area (Å²) in [5, 5.41) is 1.14. The van der Waals surface area contributed by atoms with Crippen molar-refractivity contribution in [2.24, 2.45) is 0 Å². The van der Waals surface area contributed by atoms with Crippen molar-refractivity contribution in [2.45, 2.75) is 31.2 Å². The third kappa shape index (κ3) is 4.99. The Morgan fingerprint density at radius 3 is 2.84 bits per heavy atom. The Morgan fingerprint density at radius 1 is 1.37 bits per heavy atom. The average Bonchev–Trinajstić information content (AvgIpc) is 2.76. The highest BCUT2D eigenvalue weighted by Gasteiger charge is 2.25. The van der Waals surface area contributed by atoms with Gasteiger partial charge in [-0.2, -0.15) is 8.75 Å². The molecule has 0 spiro atoms. The Balaban J connectivity index is 0.00000180. The highest BCUT2D eigenvalue weighted by Crippen LogP contribution is 2.30. The average molecular weight is 411 g/mol. The van der Waals surface area contributed by atoms with Crippen LogP contribution < -0.4 is 24.0 Å². The van der Waals surface area contributed by atoms with Gasteiger partial charge in [0.1, 0.15) is 17.3 Å². The maximum atomic E-state index is 4.52. The molecule has 6 heteroatoms. The maximum Gasteiger partial charge on any atom is 0.138 e. The zero-order valence-corrected chi connectivity index (χ0v) is 15.6. The number of hydrogen-bond donors (Lipinski definition) is 0. The Labute approximate surface area is 141 Å². The standard InChI is InChI=1S/C13H22N3S2.HI/c1-4-5-9-17-13-12(14-18-15-13)11-7-6-8-16(2,3)10-11;/h7H,4-6,8-10H2,1-3H3;1H/q+1;/p-1. The Bertz CT molecular complexity index is 429. The van der Waals surface area contributed by atoms with Gasteiger partial charge in [-0.05, 0) is 12.2 Å². The predicted molar refractivity (Wildman–Crippen MR) is 80.0 cm³/mol. The van der Waals surface area contributed by atoms with Crippen LogP contribution in [0.25, 0.3) is 5.57 Å². The minimum atomic E-state index is 0. The van der Waals surface area contributed by atoms with E-state index in [0.717, 1.165) is 33.9 Å². The molecule has 0 aliphatic carbocycles. The molecule has 0 saturated carbocycles. The summed E-state index contributed by atoms with van der Waals surface area (Å²) in [5.41, 5.74) is 2.53. The van der Waals surface area contributed by atoms with E-state index in [9.17, 15) is 0 Å². The molecule has 2 heterocycles. The summed E-state index contributed by atoms with van der Waals surface area (Å²) in [4.78, 5) is 0. The summed E-state index contributed by atoms with van der Waals surface area (Å²) in [6, 6.07) is 0. The van der Waals surface area contributed by atoms with Crippen molar-refractivity contribution < 1.29 is 28.5 Å². The topological polar surface area (TPSA) is 25.8 Å². The molecule has 1 aliphatic rings. The number of aromatic nitrogens is 2. The first-order chi connectivity index (χ1) is 8.62. The van der Waals surface area contributed by atoms with Crippen molar-refractivity contribution in [1.29, 1.82) is 0 Å². The molecule has 1 aromatic rings. The maximum absolute atomic E-state index is 4.52. The van der Waals surface area contributed by atoms with Crippen LogP contribution >= 0.6 is 23.5 Å². The van der Waals surface area contributed by atoms with Crippen LogP contribution in [0, 0.1) is 0 Å². The highest BCUT2D eigenvalue weighted by atomic mass is 127. The lowest BCUT2D eigenvalue weighted by Gasteiger charge is -2.33. The lowest BCUT2D eigenvalue weighted by molar-refractivity contribution is -0.883. The third-order valence-corrected chi connectivity index (χ3v) is 4.92. The quantitative estimate of drug-likeness (QED) is 0.302. The van der Waals surface area contributed by atoms with E-state index in [4.69, 9.17) is 0 Å². The molecular weight excluding hydrogens is 389 g/mol. The van der Waals surface area contributed by atoms with E-state index >= 15 is 0 Å². The van der Waals surface area contributed by atoms with Crippen LogP contribution in [-0.4, -0.2) is 46.2 Å². The van der Waals surface area contributed by atoms with Crippen molar-refractivity contribution in [3.05, 3.63) is 11.8 Å². The summed E-state index contributed by atoms with van der Waals surface area (Å²) in [6.07, 6.45) is 6.00. The SMILES string of the molecule is CCCCSc1nsnc1C1=CCC[N+](C)(C)C1.[I-]. The van der Waals surface area contributed by atoms with Gasteiger partial charge < -0.3 is 28.5 Å². The smallest absolute Gasteiger partial charge is 0.138 e. The van der Waals surface area contributed by atoms with Gasteiger partial charge in [0.05, 0.1) is 32.4 Å². The summed E-state index contributed by atoms with van der Waals surface area (Å²) in [5.74, 6) is 1.15. The van der Waals surface area contributed by atoms with E-state index in [2.05, 4.69) is 35.8 Å². The Morgan fingerprint density at radius 2 is 2.16 bits per heavy atom. The third-order valence-electron chi connectivity index (χ3n) is 3.22. The summed E-state index contributed by atoms with van der Waals surface area (Å²) in [7, 11) is 4.58. The molecule has 0 atom stereocenters. The van der Waals surface area contributed by atoms with Crippen LogP contribution in [0.5, 0.6) is 0 Å². The van der Waals surface area contributed by atoms with E-state index in [1.165, 1.54) is 36.7 Å². The van der Waals surface area contributed by atoms with E-state index in [1.807, 2.05) is 11.8 Å². The van der Waals surface area contributed by atoms with Gasteiger partial charge in [0.2, 0.25) is 0 Å². The summed E-state index contributed by atoms with van der Waals surface area (Å²) in [6.45, 7) is 4.52. The van der Waals surface area contributed by atoms with E-state index in [1.54, 1.807) is 0 Å². The van der Waals surface area contributed by atoms with Crippen molar-refractivity contribution in [3.8, 4) is 0 Å². The van der Waals surface area contributed by atoms with Gasteiger partial charge in [0.25, 0.3) is 0 Å². The van der Waals surface area contributed by atoms with Crippen molar-refractivity contribution >= 4 is 29.1 Å². The van der Waals surface area contributed by atoms with Crippen LogP contribution in [0.3, 0.4) is 0 Å². The normalized spacial score (nSPS) is 17.7. The summed E-state index contributed by atoms with van der Waals surface area (Å²) < 4.78 is 10.0. The lowest BCUT2D eigenvalue weighted by atomic mass is 10.1. The number of rotatable bonds is 5. The first-order valence-electron chi connectivity index (χ1n) is 6.59. The van der Waals surface area contributed by atoms with Gasteiger partial charge in [-0.25, -0.2) is 0 Å². The second-order valence-corrected chi connectivity index (χ2v) is 7.07. The van der Waals surface area contributed by atoms with E-state index < -0.39 is 0 Å². The minimum Gasteiger partial charge on any atom is -1.00 e. The van der Waals surface area contributed by atoms with Gasteiger partial charge in [-0.1, -0.05) is 19.4 Å². The number of hydrogen-bond acceptors (Lipinski definition) is 4. The molecule has 0 aromatic carbocycles. The second-order valence-electron chi connectivity index (χ2n) is 5.46. The molecule has 0 N–H and O–H groups in total. The molecule has 0 amide bonds. The van der Waals surface area contributed by atoms with Crippen molar-refractivity contribution in [3.63, 3.8) is 0 Å². The van der Waals surface area contributed by atoms with Crippen LogP contribution in [0.2, 0.25) is 0 Å². The Kier molecular flexibility index (Phi) is 7.28. The van der Waals surface area contributed by atoms with E-state index in [0.29, 0.717) is 0 Å². The van der Waals surface area contributed by atoms with Crippen LogP contribution in [0.15, 0.2) is 11.1 Å². The molecule has 19 heavy (non-hydrogen) atoms. The molecule has 1 aliphatic heterocycles. The van der Waals surface area contributed by atoms with Gasteiger partial charge in [0.15, 0.2) is 0 Å². The molecule has 0 bridgehead atoms. The molecule has 3 nitrogen and oxygen atoms in total. The summed E-state index contributed by atoms with van der Waals surface area (Å²) >= 11 is 3.21. The van der Waals surface area contributed by atoms with Gasteiger partial charge in [0, 0.05) is 12.0 Å². The fourth-order valence-corrected chi connectivity index (χ4v) is 3.94. The molecule has 0 radical (unpaired) electrons. The fourth-order valence-electron chi connectivity index (χ4n) is 2.15. The number of nitrogens with zero attached hydrogens (tertiary/aromatic N) is 3. The van der Waals surface area contributed by atoms with Gasteiger partial charge in [-0.15, -0.1) is 11.8 Å². The number of halogens is 1. The van der Waals surface area contributed by atoms with Crippen LogP contribution in [0.1, 0.15) is 31.9 Å². The molecule has 0 fully saturated rings. The van der Waals surface area contributed by atoms with Crippen LogP contribution in [0.4, 0.5) is 0 Å². The van der Waals surface area contributed by atoms with Crippen LogP contribution in [-0.2, 0) is 0 Å². The number of quaternary nitrogens is 1. The van der Waals surface area contributed by atoms with Gasteiger partial charge >= 0.3 is 0 Å². The first kappa shape index (κ1) is 17.4. The molecule has 1 aromatic heterocycles. The zero-order valence-electron chi connectivity index (χ0n) is 11.9. The highest BCUT2D eigenvalue weighted by molar-refractivity contribution is 7.99. The largest absolute Gasteiger partial charge is 1.00 e. The molecule has 2 rings (SSSR count). The van der Waals surface area contributed by atoms with Crippen molar-refractivity contribution in [2.75, 3.05) is 32.9 Å². The Hall–Kier alpha value is 0.340. The molecule has 0 unspecified atom stereocenters. The molecular formula is C13H22IN3S2. The van der Waals surface area contributed by atoms with Gasteiger partial charge in [-0.3, -0.25) is 0 Å². The fraction of sp³-hybridized carbons (Fsp3) is 0.692.